The molecular formula is C30H21ClFIN4. The summed E-state index contributed by atoms with van der Waals surface area (Å²) in [5.41, 5.74) is 7.68. The fourth-order valence-electron chi connectivity index (χ4n) is 4.39. The lowest BCUT2D eigenvalue weighted by Crippen LogP contribution is -2.07. The fraction of sp³-hybridized carbons (Fsp3) is 0.0667. The van der Waals surface area contributed by atoms with E-state index in [1.165, 1.54) is 17.2 Å². The Morgan fingerprint density at radius 1 is 0.973 bits per heavy atom. The van der Waals surface area contributed by atoms with Crippen LogP contribution in [0.15, 0.2) is 99.7 Å². The number of nitrogens with zero attached hydrogens (tertiary/aromatic N) is 3. The van der Waals surface area contributed by atoms with Gasteiger partial charge in [0, 0.05) is 39.2 Å². The molecule has 1 N–H and O–H groups in total. The number of fused-ring (bicyclic) bond motifs is 3. The van der Waals surface area contributed by atoms with Crippen molar-refractivity contribution in [3.05, 3.63) is 128 Å². The second kappa shape index (κ2) is 10.5. The summed E-state index contributed by atoms with van der Waals surface area (Å²) < 4.78 is 19.3. The van der Waals surface area contributed by atoms with Gasteiger partial charge < -0.3 is 5.32 Å². The number of aliphatic imine (C=N–C) groups is 1. The molecule has 182 valence electrons. The number of rotatable bonds is 5. The molecule has 0 saturated carbocycles. The maximum atomic E-state index is 14.7. The van der Waals surface area contributed by atoms with Crippen LogP contribution in [0.2, 0.25) is 5.02 Å². The van der Waals surface area contributed by atoms with E-state index in [-0.39, 0.29) is 26.5 Å². The van der Waals surface area contributed by atoms with Crippen LogP contribution in [0.3, 0.4) is 0 Å². The topological polar surface area (TPSA) is 50.2 Å². The molecule has 0 unspecified atom stereocenters. The molecule has 0 spiro atoms. The highest BCUT2D eigenvalue weighted by molar-refractivity contribution is 14.2. The van der Waals surface area contributed by atoms with Crippen LogP contribution in [0.1, 0.15) is 22.3 Å². The average Bonchev–Trinajstić information content (AvgIpc) is 3.07. The Hall–Kier alpha value is -3.49. The number of benzene rings is 3. The summed E-state index contributed by atoms with van der Waals surface area (Å²) in [6, 6.07) is 20.5. The Kier molecular flexibility index (Phi) is 6.76. The number of hydrogen-bond donors (Lipinski definition) is 1. The Morgan fingerprint density at radius 2 is 1.84 bits per heavy atom. The molecule has 7 heteroatoms. The zero-order valence-corrected chi connectivity index (χ0v) is 22.5. The molecule has 0 fully saturated rings. The third-order valence-electron chi connectivity index (χ3n) is 6.21. The Labute approximate surface area is 229 Å². The van der Waals surface area contributed by atoms with Gasteiger partial charge in [0.25, 0.3) is 0 Å². The van der Waals surface area contributed by atoms with Gasteiger partial charge in [-0.05, 0) is 62.1 Å². The first-order chi connectivity index (χ1) is 18.1. The molecule has 0 aliphatic carbocycles. The van der Waals surface area contributed by atoms with Gasteiger partial charge in [-0.1, -0.05) is 74.8 Å². The van der Waals surface area contributed by atoms with Gasteiger partial charge in [-0.2, -0.15) is 0 Å². The molecule has 0 bridgehead atoms. The summed E-state index contributed by atoms with van der Waals surface area (Å²) in [5.74, 6) is 0.156. The van der Waals surface area contributed by atoms with Crippen LogP contribution >= 0.6 is 32.3 Å². The van der Waals surface area contributed by atoms with Crippen LogP contribution in [-0.2, 0) is 13.0 Å². The van der Waals surface area contributed by atoms with Crippen molar-refractivity contribution in [3.8, 4) is 11.3 Å². The highest BCUT2D eigenvalue weighted by Gasteiger charge is 2.23. The van der Waals surface area contributed by atoms with E-state index in [0.717, 1.165) is 34.5 Å². The van der Waals surface area contributed by atoms with Gasteiger partial charge in [-0.25, -0.2) is 14.4 Å². The van der Waals surface area contributed by atoms with Crippen LogP contribution in [0, 0.1) is 5.82 Å². The fourth-order valence-corrected chi connectivity index (χ4v) is 6.14. The smallest absolute Gasteiger partial charge is 0.227 e. The molecule has 4 aromatic rings. The summed E-state index contributed by atoms with van der Waals surface area (Å²) in [5, 5.41) is 3.88. The minimum absolute atomic E-state index is 0.101. The van der Waals surface area contributed by atoms with Gasteiger partial charge in [-0.15, -0.1) is 0 Å². The zero-order chi connectivity index (χ0) is 25.2. The Bertz CT molecular complexity index is 1620. The van der Waals surface area contributed by atoms with Crippen molar-refractivity contribution >= 4 is 53.7 Å². The van der Waals surface area contributed by atoms with Crippen molar-refractivity contribution in [3.63, 3.8) is 0 Å². The van der Waals surface area contributed by atoms with Gasteiger partial charge in [0.1, 0.15) is 5.82 Å². The maximum Gasteiger partial charge on any atom is 0.227 e. The monoisotopic (exact) mass is 618 g/mol. The van der Waals surface area contributed by atoms with E-state index in [1.807, 2.05) is 30.3 Å². The summed E-state index contributed by atoms with van der Waals surface area (Å²) in [7, 11) is 0. The first kappa shape index (κ1) is 23.9. The third kappa shape index (κ3) is 5.17. The molecule has 0 saturated heterocycles. The molecule has 0 atom stereocenters. The van der Waals surface area contributed by atoms with Gasteiger partial charge in [0.2, 0.25) is 5.95 Å². The summed E-state index contributed by atoms with van der Waals surface area (Å²) in [6.07, 6.45) is 7.16. The first-order valence-corrected chi connectivity index (χ1v) is 14.6. The number of anilines is 2. The molecular weight excluding hydrogens is 598 g/mol. The minimum atomic E-state index is -0.328. The molecule has 3 heterocycles. The lowest BCUT2D eigenvalue weighted by Gasteiger charge is -2.13. The molecule has 4 nitrogen and oxygen atoms in total. The standard InChI is InChI=1S/C30H21ClFIN4/c31-22-7-10-24-26(16-22)29(25-3-1-2-4-27(25)32)34-17-21-18-35-30(37-28(21)24)36-23-8-5-19(6-9-23)15-20-11-13-33-14-12-20/h1-14,16,18H,15,17H2,(H,35,36,37). The summed E-state index contributed by atoms with van der Waals surface area (Å²) in [6.45, 7) is 0.337. The number of hydrogen-bond acceptors (Lipinski definition) is 4. The number of nitrogens with one attached hydrogen (secondary N) is 1. The molecule has 3 aromatic carbocycles. The number of aromatic nitrogens is 2. The zero-order valence-electron chi connectivity index (χ0n) is 19.6. The van der Waals surface area contributed by atoms with Gasteiger partial charge in [0.05, 0.1) is 18.0 Å². The predicted octanol–water partition coefficient (Wildman–Crippen LogP) is 7.80. The van der Waals surface area contributed by atoms with Gasteiger partial charge in [0.15, 0.2) is 0 Å². The first-order valence-electron chi connectivity index (χ1n) is 11.8. The lowest BCUT2D eigenvalue weighted by atomic mass is 9.95. The largest absolute Gasteiger partial charge is 0.324 e. The van der Waals surface area contributed by atoms with E-state index in [1.54, 1.807) is 24.4 Å². The van der Waals surface area contributed by atoms with E-state index in [2.05, 4.69) is 42.7 Å². The van der Waals surface area contributed by atoms with Crippen molar-refractivity contribution < 1.29 is 4.39 Å². The SMILES string of the molecule is Fc1ccccc1C1=NCc2cnc(Nc3ccc(CC4=CC=IC=C4)cc3)nc2-c2ccc(Cl)cc21. The average molecular weight is 619 g/mol. The molecule has 2 aliphatic rings. The van der Waals surface area contributed by atoms with Gasteiger partial charge >= 0.3 is 0 Å². The van der Waals surface area contributed by atoms with E-state index < -0.39 is 0 Å². The van der Waals surface area contributed by atoms with E-state index in [9.17, 15) is 4.39 Å². The van der Waals surface area contributed by atoms with Crippen molar-refractivity contribution in [2.75, 3.05) is 5.32 Å². The minimum Gasteiger partial charge on any atom is -0.324 e. The van der Waals surface area contributed by atoms with Crippen molar-refractivity contribution in [2.24, 2.45) is 4.99 Å². The van der Waals surface area contributed by atoms with E-state index in [4.69, 9.17) is 21.6 Å². The summed E-state index contributed by atoms with van der Waals surface area (Å²) in [4.78, 5) is 14.2. The van der Waals surface area contributed by atoms with Crippen LogP contribution < -0.4 is 5.32 Å². The lowest BCUT2D eigenvalue weighted by molar-refractivity contribution is 0.625. The van der Waals surface area contributed by atoms with E-state index in [0.29, 0.717) is 28.8 Å². The molecule has 37 heavy (non-hydrogen) atoms. The Morgan fingerprint density at radius 3 is 2.65 bits per heavy atom. The summed E-state index contributed by atoms with van der Waals surface area (Å²) >= 11 is 6.46. The molecule has 1 aromatic heterocycles. The molecule has 6 rings (SSSR count). The Balaban J connectivity index is 1.31. The van der Waals surface area contributed by atoms with Gasteiger partial charge in [-0.3, -0.25) is 4.99 Å². The molecule has 0 amide bonds. The predicted molar refractivity (Wildman–Crippen MR) is 159 cm³/mol. The van der Waals surface area contributed by atoms with Crippen molar-refractivity contribution in [1.29, 1.82) is 0 Å². The molecule has 0 radical (unpaired) electrons. The highest BCUT2D eigenvalue weighted by Crippen LogP contribution is 2.34. The van der Waals surface area contributed by atoms with Crippen LogP contribution in [0.4, 0.5) is 16.0 Å². The van der Waals surface area contributed by atoms with Crippen LogP contribution in [0.5, 0.6) is 0 Å². The number of halogens is 3. The number of allylic oxidation sites excluding steroid dienone is 3. The maximum absolute atomic E-state index is 14.7. The molecule has 2 aliphatic heterocycles. The quantitative estimate of drug-likeness (QED) is 0.232. The normalized spacial score (nSPS) is 14.0. The third-order valence-corrected chi connectivity index (χ3v) is 8.00. The van der Waals surface area contributed by atoms with Crippen molar-refractivity contribution in [2.45, 2.75) is 13.0 Å². The van der Waals surface area contributed by atoms with Crippen molar-refractivity contribution in [1.82, 2.24) is 9.97 Å². The second-order valence-corrected chi connectivity index (χ2v) is 11.3. The van der Waals surface area contributed by atoms with Crippen LogP contribution in [-0.4, -0.2) is 19.7 Å². The van der Waals surface area contributed by atoms with Crippen LogP contribution in [0.25, 0.3) is 11.3 Å². The second-order valence-electron chi connectivity index (χ2n) is 8.69. The highest BCUT2D eigenvalue weighted by atomic mass is 127. The van der Waals surface area contributed by atoms with E-state index >= 15 is 0 Å².